The monoisotopic (exact) mass is 564 g/mol. The lowest BCUT2D eigenvalue weighted by Gasteiger charge is -2.17. The molecule has 0 radical (unpaired) electrons. The van der Waals surface area contributed by atoms with Gasteiger partial charge in [0, 0.05) is 18.8 Å². The lowest BCUT2D eigenvalue weighted by molar-refractivity contribution is 0.0349. The molecule has 0 aromatic heterocycles. The van der Waals surface area contributed by atoms with Crippen molar-refractivity contribution in [2.45, 2.75) is 13.8 Å². The zero-order chi connectivity index (χ0) is 28.7. The van der Waals surface area contributed by atoms with Gasteiger partial charge in [0.2, 0.25) is 7.37 Å². The highest BCUT2D eigenvalue weighted by Gasteiger charge is 2.21. The number of esters is 3. The minimum absolute atomic E-state index is 0.00945. The Morgan fingerprint density at radius 2 is 1.05 bits per heavy atom. The van der Waals surface area contributed by atoms with Crippen molar-refractivity contribution in [2.75, 3.05) is 59.3 Å². The molecule has 0 heterocycles. The Hall–Kier alpha value is -3.37. The quantitative estimate of drug-likeness (QED) is 0.0905. The van der Waals surface area contributed by atoms with Crippen molar-refractivity contribution in [2.24, 2.45) is 0 Å². The Morgan fingerprint density at radius 1 is 0.641 bits per heavy atom. The molecule has 0 bridgehead atoms. The van der Waals surface area contributed by atoms with Gasteiger partial charge < -0.3 is 28.2 Å². The normalized spacial score (nSPS) is 12.3. The minimum atomic E-state index is -3.14. The fourth-order valence-electron chi connectivity index (χ4n) is 3.01. The van der Waals surface area contributed by atoms with Gasteiger partial charge in [-0.3, -0.25) is 9.36 Å². The van der Waals surface area contributed by atoms with Gasteiger partial charge in [0.15, 0.2) is 5.78 Å². The van der Waals surface area contributed by atoms with Crippen molar-refractivity contribution in [1.82, 2.24) is 0 Å². The number of carbonyl (C=O) groups is 4. The first-order valence-corrected chi connectivity index (χ1v) is 14.2. The first kappa shape index (κ1) is 31.8. The van der Waals surface area contributed by atoms with Gasteiger partial charge in [-0.05, 0) is 43.3 Å². The Bertz CT molecular complexity index is 1140. The van der Waals surface area contributed by atoms with Crippen LogP contribution in [0.1, 0.15) is 55.3 Å². The number of benzene rings is 2. The van der Waals surface area contributed by atoms with Crippen LogP contribution in [0.2, 0.25) is 0 Å². The van der Waals surface area contributed by atoms with Gasteiger partial charge in [-0.1, -0.05) is 19.1 Å². The lowest BCUT2D eigenvalue weighted by atomic mass is 10.1. The van der Waals surface area contributed by atoms with E-state index in [0.717, 1.165) is 0 Å². The Morgan fingerprint density at radius 3 is 1.46 bits per heavy atom. The van der Waals surface area contributed by atoms with Crippen molar-refractivity contribution in [1.29, 1.82) is 0 Å². The third kappa shape index (κ3) is 11.1. The van der Waals surface area contributed by atoms with E-state index in [1.165, 1.54) is 50.4 Å². The summed E-state index contributed by atoms with van der Waals surface area (Å²) in [7, 11) is -1.65. The molecule has 0 aliphatic carbocycles. The summed E-state index contributed by atoms with van der Waals surface area (Å²) in [6.07, 6.45) is 0.00935. The van der Waals surface area contributed by atoms with Crippen LogP contribution in [0.3, 0.4) is 0 Å². The van der Waals surface area contributed by atoms with E-state index in [9.17, 15) is 23.7 Å². The zero-order valence-electron chi connectivity index (χ0n) is 22.2. The van der Waals surface area contributed by atoms with E-state index in [4.69, 9.17) is 28.2 Å². The first-order valence-electron chi connectivity index (χ1n) is 12.2. The Labute approximate surface area is 227 Å². The van der Waals surface area contributed by atoms with Crippen LogP contribution in [0.25, 0.3) is 0 Å². The second kappa shape index (κ2) is 16.6. The molecule has 12 heteroatoms. The summed E-state index contributed by atoms with van der Waals surface area (Å²) in [5.74, 6) is -1.83. The van der Waals surface area contributed by atoms with Gasteiger partial charge in [-0.2, -0.15) is 0 Å². The molecule has 0 aliphatic rings. The third-order valence-corrected chi connectivity index (χ3v) is 7.47. The van der Waals surface area contributed by atoms with Gasteiger partial charge in [0.25, 0.3) is 0 Å². The van der Waals surface area contributed by atoms with E-state index in [-0.39, 0.29) is 69.1 Å². The van der Waals surface area contributed by atoms with E-state index in [2.05, 4.69) is 0 Å². The molecule has 2 aromatic carbocycles. The molecule has 2 rings (SSSR count). The number of Topliss-reactive ketones (excluding diaryl/α,β-unsaturated/α-hetero) is 1. The predicted molar refractivity (Wildman–Crippen MR) is 141 cm³/mol. The Balaban J connectivity index is 1.66. The molecule has 0 aliphatic heterocycles. The minimum Gasteiger partial charge on any atom is -0.460 e. The molecule has 0 spiro atoms. The summed E-state index contributed by atoms with van der Waals surface area (Å²) in [6.45, 7) is 3.24. The molecule has 39 heavy (non-hydrogen) atoms. The number of ether oxygens (including phenoxy) is 5. The van der Waals surface area contributed by atoms with Crippen molar-refractivity contribution < 1.29 is 52.0 Å². The number of carbonyl (C=O) groups excluding carboxylic acids is 4. The topological polar surface area (TPSA) is 141 Å². The molecule has 0 fully saturated rings. The summed E-state index contributed by atoms with van der Waals surface area (Å²) in [5.41, 5.74) is 1.31. The standard InChI is InChI=1S/C27H33O11P/c1-4-39(32,19-34-14-16-36-26(30)22-7-5-21(6-8-22)20(2)28)38-18-17-37-27(31)24-11-9-23(10-12-24)25(29)35-15-13-33-3/h5-12H,4,13-19H2,1-3H3. The highest BCUT2D eigenvalue weighted by molar-refractivity contribution is 7.58. The molecule has 1 atom stereocenters. The van der Waals surface area contributed by atoms with Crippen LogP contribution in [-0.4, -0.2) is 83.0 Å². The van der Waals surface area contributed by atoms with Gasteiger partial charge in [0.05, 0.1) is 36.5 Å². The summed E-state index contributed by atoms with van der Waals surface area (Å²) < 4.78 is 43.7. The maximum Gasteiger partial charge on any atom is 0.338 e. The van der Waals surface area contributed by atoms with Crippen LogP contribution in [0.15, 0.2) is 48.5 Å². The van der Waals surface area contributed by atoms with Crippen LogP contribution in [0.5, 0.6) is 0 Å². The molecular formula is C27H33O11P. The molecule has 0 saturated heterocycles. The molecule has 2 aromatic rings. The van der Waals surface area contributed by atoms with Crippen LogP contribution in [-0.2, 0) is 32.8 Å². The highest BCUT2D eigenvalue weighted by atomic mass is 31.2. The molecule has 0 N–H and O–H groups in total. The van der Waals surface area contributed by atoms with Gasteiger partial charge in [-0.15, -0.1) is 0 Å². The molecule has 0 amide bonds. The molecule has 212 valence electrons. The maximum atomic E-state index is 12.8. The van der Waals surface area contributed by atoms with Crippen LogP contribution >= 0.6 is 7.37 Å². The SMILES string of the molecule is CCP(=O)(COCCOC(=O)c1ccc(C(C)=O)cc1)OCCOC(=O)c1ccc(C(=O)OCCOC)cc1. The molecule has 0 saturated carbocycles. The van der Waals surface area contributed by atoms with Crippen molar-refractivity contribution in [3.8, 4) is 0 Å². The van der Waals surface area contributed by atoms with Gasteiger partial charge in [0.1, 0.15) is 26.2 Å². The fraction of sp³-hybridized carbons (Fsp3) is 0.407. The lowest BCUT2D eigenvalue weighted by Crippen LogP contribution is -2.14. The fourth-order valence-corrected chi connectivity index (χ4v) is 4.26. The maximum absolute atomic E-state index is 12.8. The van der Waals surface area contributed by atoms with E-state index >= 15 is 0 Å². The van der Waals surface area contributed by atoms with Crippen molar-refractivity contribution in [3.05, 3.63) is 70.8 Å². The summed E-state index contributed by atoms with van der Waals surface area (Å²) in [6, 6.07) is 11.9. The largest absolute Gasteiger partial charge is 0.460 e. The second-order valence-electron chi connectivity index (χ2n) is 8.11. The number of methoxy groups -OCH3 is 1. The average molecular weight is 565 g/mol. The molecule has 11 nitrogen and oxygen atoms in total. The van der Waals surface area contributed by atoms with Gasteiger partial charge >= 0.3 is 17.9 Å². The van der Waals surface area contributed by atoms with Crippen LogP contribution in [0.4, 0.5) is 0 Å². The van der Waals surface area contributed by atoms with Crippen molar-refractivity contribution >= 4 is 31.1 Å². The van der Waals surface area contributed by atoms with E-state index in [1.807, 2.05) is 0 Å². The van der Waals surface area contributed by atoms with Crippen LogP contribution < -0.4 is 0 Å². The highest BCUT2D eigenvalue weighted by Crippen LogP contribution is 2.46. The number of hydrogen-bond acceptors (Lipinski definition) is 11. The van der Waals surface area contributed by atoms with Gasteiger partial charge in [-0.25, -0.2) is 14.4 Å². The second-order valence-corrected chi connectivity index (χ2v) is 10.9. The first-order chi connectivity index (χ1) is 18.7. The van der Waals surface area contributed by atoms with E-state index in [1.54, 1.807) is 19.1 Å². The summed E-state index contributed by atoms with van der Waals surface area (Å²) in [4.78, 5) is 47.5. The molecular weight excluding hydrogens is 531 g/mol. The summed E-state index contributed by atoms with van der Waals surface area (Å²) in [5, 5.41) is 0. The van der Waals surface area contributed by atoms with E-state index in [0.29, 0.717) is 11.1 Å². The average Bonchev–Trinajstić information content (AvgIpc) is 2.95. The Kier molecular flexibility index (Phi) is 13.5. The number of ketones is 1. The van der Waals surface area contributed by atoms with Crippen molar-refractivity contribution in [3.63, 3.8) is 0 Å². The summed E-state index contributed by atoms with van der Waals surface area (Å²) >= 11 is 0. The third-order valence-electron chi connectivity index (χ3n) is 5.28. The smallest absolute Gasteiger partial charge is 0.338 e. The number of hydrogen-bond donors (Lipinski definition) is 0. The molecule has 1 unspecified atom stereocenters. The number of rotatable bonds is 17. The van der Waals surface area contributed by atoms with E-state index < -0.39 is 25.3 Å². The van der Waals surface area contributed by atoms with Crippen LogP contribution in [0, 0.1) is 0 Å². The predicted octanol–water partition coefficient (Wildman–Crippen LogP) is 3.99. The zero-order valence-corrected chi connectivity index (χ0v) is 23.1.